The average molecular weight is 633 g/mol. The highest BCUT2D eigenvalue weighted by molar-refractivity contribution is 6.33. The number of aliphatic hydroxyl groups is 1. The van der Waals surface area contributed by atoms with Crippen LogP contribution in [0.2, 0.25) is 5.02 Å². The normalized spacial score (nSPS) is 18.0. The number of halogens is 5. The van der Waals surface area contributed by atoms with E-state index in [0.29, 0.717) is 31.6 Å². The molecule has 2 aromatic heterocycles. The van der Waals surface area contributed by atoms with E-state index in [9.17, 15) is 27.5 Å². The van der Waals surface area contributed by atoms with Gasteiger partial charge in [-0.3, -0.25) is 9.69 Å². The van der Waals surface area contributed by atoms with Gasteiger partial charge in [-0.25, -0.2) is 14.7 Å². The third-order valence-electron chi connectivity index (χ3n) is 7.22. The maximum absolute atomic E-state index is 14.4. The summed E-state index contributed by atoms with van der Waals surface area (Å²) in [5.41, 5.74) is 6.73. The molecule has 44 heavy (non-hydrogen) atoms. The van der Waals surface area contributed by atoms with E-state index in [2.05, 4.69) is 20.2 Å². The monoisotopic (exact) mass is 632 g/mol. The van der Waals surface area contributed by atoms with Crippen molar-refractivity contribution in [3.8, 4) is 22.5 Å². The van der Waals surface area contributed by atoms with Crippen LogP contribution in [0.5, 0.6) is 0 Å². The first-order valence-corrected chi connectivity index (χ1v) is 13.8. The Balaban J connectivity index is 1.52. The van der Waals surface area contributed by atoms with Crippen molar-refractivity contribution in [3.05, 3.63) is 77.3 Å². The minimum atomic E-state index is -2.90. The molecule has 5 rings (SSSR count). The number of amides is 1. The van der Waals surface area contributed by atoms with E-state index in [4.69, 9.17) is 17.3 Å². The lowest BCUT2D eigenvalue weighted by atomic mass is 9.75. The number of hydrogen-bond acceptors (Lipinski definition) is 7. The van der Waals surface area contributed by atoms with Gasteiger partial charge in [0.1, 0.15) is 6.33 Å². The summed E-state index contributed by atoms with van der Waals surface area (Å²) in [6.45, 7) is -0.388. The molecule has 10 nitrogen and oxygen atoms in total. The Hall–Kier alpha value is -4.30. The van der Waals surface area contributed by atoms with E-state index in [0.717, 1.165) is 6.33 Å². The van der Waals surface area contributed by atoms with E-state index in [1.165, 1.54) is 29.4 Å². The minimum absolute atomic E-state index is 0.0653. The number of carbonyl (C=O) groups is 1. The molecule has 1 aliphatic heterocycles. The van der Waals surface area contributed by atoms with Crippen LogP contribution in [0.3, 0.4) is 0 Å². The van der Waals surface area contributed by atoms with Crippen LogP contribution in [-0.4, -0.2) is 53.0 Å². The standard InChI is InChI=1S/C29H29ClF4N8O2/c1-28(2,3)14-29(19-7-4-16(5-8-19)18-11-37-40(12-18)25(31)32)24(44)42(27(35)38-29)22(13-43)17-6-9-21(30)20(10-17)23-36-15-41(39-23)26(33)34/h4-12,15,22,25-26,43H,13-14H2,1-3H3,(H2,35,38)/t22-,29-/m1/s1. The van der Waals surface area contributed by atoms with E-state index >= 15 is 0 Å². The highest BCUT2D eigenvalue weighted by Gasteiger charge is 2.52. The molecule has 2 aromatic carbocycles. The van der Waals surface area contributed by atoms with Crippen LogP contribution in [-0.2, 0) is 10.3 Å². The molecule has 0 radical (unpaired) electrons. The zero-order valence-electron chi connectivity index (χ0n) is 23.9. The SMILES string of the molecule is CC(C)(C)C[C@]1(c2ccc(-c3cnn(C(F)F)c3)cc2)N=C(N)N([C@H](CO)c2ccc(Cl)c(-c3ncn(C(F)F)n3)c2)C1=O. The van der Waals surface area contributed by atoms with E-state index in [1.807, 2.05) is 20.8 Å². The van der Waals surface area contributed by atoms with Crippen LogP contribution < -0.4 is 5.73 Å². The zero-order chi connectivity index (χ0) is 32.0. The maximum Gasteiger partial charge on any atom is 0.334 e. The Kier molecular flexibility index (Phi) is 8.25. The summed E-state index contributed by atoms with van der Waals surface area (Å²) >= 11 is 6.35. The van der Waals surface area contributed by atoms with Crippen molar-refractivity contribution in [1.82, 2.24) is 29.4 Å². The maximum atomic E-state index is 14.4. The summed E-state index contributed by atoms with van der Waals surface area (Å²) < 4.78 is 53.2. The number of rotatable bonds is 9. The van der Waals surface area contributed by atoms with Crippen molar-refractivity contribution in [2.24, 2.45) is 16.1 Å². The second kappa shape index (κ2) is 11.7. The summed E-state index contributed by atoms with van der Waals surface area (Å²) in [7, 11) is 0. The number of nitrogens with zero attached hydrogens (tertiary/aromatic N) is 7. The second-order valence-electron chi connectivity index (χ2n) is 11.6. The summed E-state index contributed by atoms with van der Waals surface area (Å²) in [4.78, 5) is 24.2. The molecule has 0 spiro atoms. The lowest BCUT2D eigenvalue weighted by molar-refractivity contribution is -0.135. The van der Waals surface area contributed by atoms with Crippen molar-refractivity contribution >= 4 is 23.5 Å². The molecular weight excluding hydrogens is 604 g/mol. The number of aliphatic imine (C=N–C) groups is 1. The van der Waals surface area contributed by atoms with Gasteiger partial charge >= 0.3 is 13.1 Å². The van der Waals surface area contributed by atoms with Gasteiger partial charge in [0.15, 0.2) is 17.3 Å². The first-order chi connectivity index (χ1) is 20.7. The van der Waals surface area contributed by atoms with Crippen LogP contribution in [0.1, 0.15) is 57.5 Å². The fraction of sp³-hybridized carbons (Fsp3) is 0.345. The molecule has 0 fully saturated rings. The highest BCUT2D eigenvalue weighted by Crippen LogP contribution is 2.45. The summed E-state index contributed by atoms with van der Waals surface area (Å²) in [6.07, 6.45) is 3.67. The van der Waals surface area contributed by atoms with Gasteiger partial charge in [0.05, 0.1) is 23.9 Å². The van der Waals surface area contributed by atoms with Crippen molar-refractivity contribution in [2.75, 3.05) is 6.61 Å². The van der Waals surface area contributed by atoms with Gasteiger partial charge in [-0.2, -0.15) is 27.3 Å². The van der Waals surface area contributed by atoms with Crippen LogP contribution in [0, 0.1) is 5.41 Å². The van der Waals surface area contributed by atoms with Crippen molar-refractivity contribution in [1.29, 1.82) is 0 Å². The molecular formula is C29H29ClF4N8O2. The molecule has 1 amide bonds. The lowest BCUT2D eigenvalue weighted by Crippen LogP contribution is -2.47. The smallest absolute Gasteiger partial charge is 0.334 e. The molecule has 0 saturated carbocycles. The van der Waals surface area contributed by atoms with E-state index in [-0.39, 0.29) is 28.8 Å². The Morgan fingerprint density at radius 3 is 2.27 bits per heavy atom. The van der Waals surface area contributed by atoms with Crippen molar-refractivity contribution in [2.45, 2.75) is 51.9 Å². The van der Waals surface area contributed by atoms with Crippen LogP contribution >= 0.6 is 11.6 Å². The van der Waals surface area contributed by atoms with Gasteiger partial charge in [0, 0.05) is 17.3 Å². The molecule has 2 atom stereocenters. The molecule has 15 heteroatoms. The van der Waals surface area contributed by atoms with Gasteiger partial charge in [-0.05, 0) is 40.7 Å². The predicted octanol–water partition coefficient (Wildman–Crippen LogP) is 5.77. The Morgan fingerprint density at radius 2 is 1.70 bits per heavy atom. The van der Waals surface area contributed by atoms with Crippen LogP contribution in [0.25, 0.3) is 22.5 Å². The Bertz CT molecular complexity index is 1700. The van der Waals surface area contributed by atoms with Gasteiger partial charge in [0.2, 0.25) is 0 Å². The first-order valence-electron chi connectivity index (χ1n) is 13.5. The fourth-order valence-electron chi connectivity index (χ4n) is 5.36. The zero-order valence-corrected chi connectivity index (χ0v) is 24.6. The first kappa shape index (κ1) is 31.1. The number of alkyl halides is 4. The third kappa shape index (κ3) is 5.78. The van der Waals surface area contributed by atoms with Gasteiger partial charge in [-0.15, -0.1) is 5.10 Å². The molecule has 1 aliphatic rings. The van der Waals surface area contributed by atoms with Crippen LogP contribution in [0.15, 0.2) is 66.2 Å². The topological polar surface area (TPSA) is 127 Å². The number of benzene rings is 2. The lowest BCUT2D eigenvalue weighted by Gasteiger charge is -2.34. The number of carbonyl (C=O) groups excluding carboxylic acids is 1. The fourth-order valence-corrected chi connectivity index (χ4v) is 5.56. The number of hydrogen-bond donors (Lipinski definition) is 2. The molecule has 3 heterocycles. The number of aliphatic hydroxyl groups excluding tert-OH is 1. The predicted molar refractivity (Wildman–Crippen MR) is 155 cm³/mol. The Morgan fingerprint density at radius 1 is 1.02 bits per heavy atom. The minimum Gasteiger partial charge on any atom is -0.394 e. The van der Waals surface area contributed by atoms with E-state index < -0.39 is 42.6 Å². The molecule has 3 N–H and O–H groups in total. The molecule has 232 valence electrons. The molecule has 0 saturated heterocycles. The number of guanidine groups is 1. The average Bonchev–Trinajstić information content (AvgIpc) is 3.70. The third-order valence-corrected chi connectivity index (χ3v) is 7.55. The molecule has 0 bridgehead atoms. The number of nitrogens with two attached hydrogens (primary N) is 1. The van der Waals surface area contributed by atoms with E-state index in [1.54, 1.807) is 30.3 Å². The van der Waals surface area contributed by atoms with Crippen molar-refractivity contribution in [3.63, 3.8) is 0 Å². The molecule has 0 aliphatic carbocycles. The number of aromatic nitrogens is 5. The summed E-state index contributed by atoms with van der Waals surface area (Å²) in [5, 5.41) is 18.2. The Labute approximate surface area is 254 Å². The van der Waals surface area contributed by atoms with Gasteiger partial charge in [-0.1, -0.05) is 62.7 Å². The molecule has 4 aromatic rings. The largest absolute Gasteiger partial charge is 0.394 e. The van der Waals surface area contributed by atoms with Crippen molar-refractivity contribution < 1.29 is 27.5 Å². The summed E-state index contributed by atoms with van der Waals surface area (Å²) in [6, 6.07) is 10.3. The molecule has 0 unspecified atom stereocenters. The van der Waals surface area contributed by atoms with Crippen LogP contribution in [0.4, 0.5) is 17.6 Å². The van der Waals surface area contributed by atoms with Gasteiger partial charge < -0.3 is 10.8 Å². The van der Waals surface area contributed by atoms with Gasteiger partial charge in [0.25, 0.3) is 5.91 Å². The quantitative estimate of drug-likeness (QED) is 0.225. The highest BCUT2D eigenvalue weighted by atomic mass is 35.5. The second-order valence-corrected chi connectivity index (χ2v) is 12.0. The summed E-state index contributed by atoms with van der Waals surface area (Å²) in [5.74, 6) is -0.680.